The fourth-order valence-corrected chi connectivity index (χ4v) is 3.42. The van der Waals surface area contributed by atoms with Gasteiger partial charge in [-0.1, -0.05) is 29.8 Å². The van der Waals surface area contributed by atoms with Crippen LogP contribution in [-0.2, 0) is 0 Å². The van der Waals surface area contributed by atoms with Crippen molar-refractivity contribution in [2.24, 2.45) is 5.73 Å². The Bertz CT molecular complexity index is 844. The largest absolute Gasteiger partial charge is 0.360 e. The van der Waals surface area contributed by atoms with Crippen molar-refractivity contribution in [2.45, 2.75) is 31.3 Å². The summed E-state index contributed by atoms with van der Waals surface area (Å²) in [5, 5.41) is 5.02. The van der Waals surface area contributed by atoms with E-state index in [0.29, 0.717) is 17.0 Å². The molecule has 2 atom stereocenters. The lowest BCUT2D eigenvalue weighted by molar-refractivity contribution is 0.685. The molecule has 0 saturated heterocycles. The molecule has 5 nitrogen and oxygen atoms in total. The number of anilines is 1. The number of hydrogen-bond acceptors (Lipinski definition) is 4. The highest BCUT2D eigenvalue weighted by Crippen LogP contribution is 2.32. The molecule has 23 heavy (non-hydrogen) atoms. The maximum atomic E-state index is 6.34. The van der Waals surface area contributed by atoms with Crippen LogP contribution in [0.5, 0.6) is 0 Å². The molecule has 1 fully saturated rings. The van der Waals surface area contributed by atoms with E-state index >= 15 is 0 Å². The van der Waals surface area contributed by atoms with E-state index in [1.807, 2.05) is 24.4 Å². The summed E-state index contributed by atoms with van der Waals surface area (Å²) < 4.78 is 0. The highest BCUT2D eigenvalue weighted by Gasteiger charge is 2.22. The number of halogens is 1. The van der Waals surface area contributed by atoms with Crippen molar-refractivity contribution in [3.05, 3.63) is 41.7 Å². The van der Waals surface area contributed by atoms with Gasteiger partial charge in [-0.25, -0.2) is 9.97 Å². The van der Waals surface area contributed by atoms with Crippen molar-refractivity contribution in [1.82, 2.24) is 15.0 Å². The Balaban J connectivity index is 1.69. The topological polar surface area (TPSA) is 79.6 Å². The van der Waals surface area contributed by atoms with Gasteiger partial charge in [0.25, 0.3) is 0 Å². The molecule has 0 bridgehead atoms. The second kappa shape index (κ2) is 5.83. The lowest BCUT2D eigenvalue weighted by atomic mass is 10.1. The smallest absolute Gasteiger partial charge is 0.223 e. The molecule has 1 aromatic carbocycles. The summed E-state index contributed by atoms with van der Waals surface area (Å²) in [6.07, 6.45) is 6.64. The van der Waals surface area contributed by atoms with Crippen molar-refractivity contribution in [1.29, 1.82) is 0 Å². The predicted octanol–water partition coefficient (Wildman–Crippen LogP) is 3.57. The number of rotatable bonds is 3. The van der Waals surface area contributed by atoms with Gasteiger partial charge in [-0.3, -0.25) is 0 Å². The van der Waals surface area contributed by atoms with Crippen LogP contribution in [0.2, 0.25) is 5.02 Å². The van der Waals surface area contributed by atoms with E-state index in [1.165, 1.54) is 0 Å². The zero-order chi connectivity index (χ0) is 15.8. The zero-order valence-corrected chi connectivity index (χ0v) is 13.3. The van der Waals surface area contributed by atoms with Gasteiger partial charge in [0.05, 0.1) is 16.9 Å². The maximum Gasteiger partial charge on any atom is 0.223 e. The number of nitrogens with two attached hydrogens (primary N) is 1. The Morgan fingerprint density at radius 1 is 1.26 bits per heavy atom. The van der Waals surface area contributed by atoms with E-state index < -0.39 is 0 Å². The number of nitrogens with zero attached hydrogens (tertiary/aromatic N) is 2. The Morgan fingerprint density at radius 3 is 2.96 bits per heavy atom. The van der Waals surface area contributed by atoms with E-state index in [1.54, 1.807) is 6.20 Å². The first-order chi connectivity index (χ1) is 11.2. The van der Waals surface area contributed by atoms with Crippen molar-refractivity contribution >= 4 is 28.5 Å². The van der Waals surface area contributed by atoms with Gasteiger partial charge in [-0.2, -0.15) is 0 Å². The van der Waals surface area contributed by atoms with Crippen molar-refractivity contribution < 1.29 is 0 Å². The van der Waals surface area contributed by atoms with Crippen LogP contribution >= 0.6 is 11.6 Å². The van der Waals surface area contributed by atoms with Gasteiger partial charge in [0.2, 0.25) is 5.95 Å². The van der Waals surface area contributed by atoms with Gasteiger partial charge >= 0.3 is 0 Å². The molecule has 0 spiro atoms. The van der Waals surface area contributed by atoms with Crippen LogP contribution in [0.15, 0.2) is 36.7 Å². The van der Waals surface area contributed by atoms with Crippen LogP contribution in [0.3, 0.4) is 0 Å². The number of fused-ring (bicyclic) bond motifs is 1. The van der Waals surface area contributed by atoms with Crippen molar-refractivity contribution in [2.75, 3.05) is 5.32 Å². The minimum Gasteiger partial charge on any atom is -0.360 e. The molecule has 118 valence electrons. The molecule has 1 saturated carbocycles. The average molecular weight is 328 g/mol. The third kappa shape index (κ3) is 2.78. The number of H-pyrrole nitrogens is 1. The molecule has 0 radical (unpaired) electrons. The maximum absolute atomic E-state index is 6.34. The number of nitrogens with one attached hydrogen (secondary N) is 2. The van der Waals surface area contributed by atoms with E-state index in [0.717, 1.165) is 41.4 Å². The number of aromatic amines is 1. The van der Waals surface area contributed by atoms with Gasteiger partial charge in [-0.05, 0) is 25.3 Å². The van der Waals surface area contributed by atoms with E-state index in [4.69, 9.17) is 17.3 Å². The summed E-state index contributed by atoms with van der Waals surface area (Å²) in [5.74, 6) is 0.605. The Labute approximate surface area is 139 Å². The van der Waals surface area contributed by atoms with Crippen LogP contribution in [0.1, 0.15) is 19.3 Å². The first-order valence-electron chi connectivity index (χ1n) is 7.82. The van der Waals surface area contributed by atoms with Crippen molar-refractivity contribution in [3.8, 4) is 11.3 Å². The standard InChI is InChI=1S/C17H18ClN5/c18-14-9-21-17(22-11-6-5-10(19)7-11)23-16(14)13-8-20-15-4-2-1-3-12(13)15/h1-4,8-11,20H,5-7,19H2,(H,21,22,23)/t10-,11+/m0/s1. The molecule has 1 aliphatic carbocycles. The molecular formula is C17H18ClN5. The normalized spacial score (nSPS) is 21.0. The number of aromatic nitrogens is 3. The predicted molar refractivity (Wildman–Crippen MR) is 93.6 cm³/mol. The Hall–Kier alpha value is -2.11. The summed E-state index contributed by atoms with van der Waals surface area (Å²) in [4.78, 5) is 12.2. The summed E-state index contributed by atoms with van der Waals surface area (Å²) in [6.45, 7) is 0. The van der Waals surface area contributed by atoms with Gasteiger partial charge in [0.15, 0.2) is 0 Å². The molecule has 1 aliphatic rings. The molecule has 0 amide bonds. The second-order valence-corrected chi connectivity index (χ2v) is 6.46. The third-order valence-electron chi connectivity index (χ3n) is 4.39. The van der Waals surface area contributed by atoms with Crippen LogP contribution in [0.25, 0.3) is 22.2 Å². The minimum atomic E-state index is 0.271. The Kier molecular flexibility index (Phi) is 3.67. The molecule has 3 aromatic rings. The first-order valence-corrected chi connectivity index (χ1v) is 8.19. The quantitative estimate of drug-likeness (QED) is 0.687. The number of para-hydroxylation sites is 1. The van der Waals surface area contributed by atoms with Gasteiger partial charge < -0.3 is 16.0 Å². The first kappa shape index (κ1) is 14.5. The molecule has 6 heteroatoms. The number of benzene rings is 1. The van der Waals surface area contributed by atoms with E-state index in [9.17, 15) is 0 Å². The van der Waals surface area contributed by atoms with Gasteiger partial charge in [-0.15, -0.1) is 0 Å². The molecular weight excluding hydrogens is 310 g/mol. The lowest BCUT2D eigenvalue weighted by Crippen LogP contribution is -2.21. The summed E-state index contributed by atoms with van der Waals surface area (Å²) in [6, 6.07) is 8.71. The highest BCUT2D eigenvalue weighted by atomic mass is 35.5. The van der Waals surface area contributed by atoms with E-state index in [2.05, 4.69) is 26.3 Å². The van der Waals surface area contributed by atoms with Crippen LogP contribution < -0.4 is 11.1 Å². The molecule has 2 heterocycles. The van der Waals surface area contributed by atoms with Gasteiger partial charge in [0, 0.05) is 34.7 Å². The summed E-state index contributed by atoms with van der Waals surface area (Å²) >= 11 is 6.34. The van der Waals surface area contributed by atoms with Crippen LogP contribution in [0.4, 0.5) is 5.95 Å². The molecule has 0 unspecified atom stereocenters. The highest BCUT2D eigenvalue weighted by molar-refractivity contribution is 6.33. The zero-order valence-electron chi connectivity index (χ0n) is 12.6. The second-order valence-electron chi connectivity index (χ2n) is 6.05. The number of hydrogen-bond donors (Lipinski definition) is 3. The lowest BCUT2D eigenvalue weighted by Gasteiger charge is -2.13. The molecule has 0 aliphatic heterocycles. The van der Waals surface area contributed by atoms with Crippen LogP contribution in [0, 0.1) is 0 Å². The van der Waals surface area contributed by atoms with Crippen molar-refractivity contribution in [3.63, 3.8) is 0 Å². The monoisotopic (exact) mass is 327 g/mol. The van der Waals surface area contributed by atoms with Crippen LogP contribution in [-0.4, -0.2) is 27.0 Å². The third-order valence-corrected chi connectivity index (χ3v) is 4.67. The summed E-state index contributed by atoms with van der Waals surface area (Å²) in [5.41, 5.74) is 8.75. The minimum absolute atomic E-state index is 0.271. The van der Waals surface area contributed by atoms with Gasteiger partial charge in [0.1, 0.15) is 0 Å². The Morgan fingerprint density at radius 2 is 2.13 bits per heavy atom. The van der Waals surface area contributed by atoms with E-state index in [-0.39, 0.29) is 6.04 Å². The molecule has 4 rings (SSSR count). The summed E-state index contributed by atoms with van der Waals surface area (Å²) in [7, 11) is 0. The fourth-order valence-electron chi connectivity index (χ4n) is 3.22. The molecule has 4 N–H and O–H groups in total. The average Bonchev–Trinajstić information content (AvgIpc) is 3.15. The molecule has 2 aromatic heterocycles. The fraction of sp³-hybridized carbons (Fsp3) is 0.294. The SMILES string of the molecule is N[C@H]1CC[C@@H](Nc2ncc(Cl)c(-c3c[nH]c4ccccc34)n2)C1.